The molecule has 11 heteroatoms. The van der Waals surface area contributed by atoms with E-state index >= 15 is 0 Å². The van der Waals surface area contributed by atoms with Crippen LogP contribution in [0.15, 0.2) is 36.7 Å². The fourth-order valence-electron chi connectivity index (χ4n) is 1.95. The van der Waals surface area contributed by atoms with Crippen molar-refractivity contribution >= 4 is 34.7 Å². The number of nitrogens with one attached hydrogen (secondary N) is 2. The number of ether oxygens (including phenoxy) is 2. The maximum atomic E-state index is 12.0. The number of nitrogens with zero attached hydrogens (tertiary/aromatic N) is 2. The van der Waals surface area contributed by atoms with Crippen molar-refractivity contribution in [2.45, 2.75) is 19.8 Å². The third kappa shape index (κ3) is 7.23. The van der Waals surface area contributed by atoms with Gasteiger partial charge in [0, 0.05) is 5.69 Å². The number of alkyl halides is 3. The molecule has 0 aliphatic carbocycles. The van der Waals surface area contributed by atoms with Gasteiger partial charge in [0.1, 0.15) is 13.3 Å². The lowest BCUT2D eigenvalue weighted by Crippen LogP contribution is -2.19. The van der Waals surface area contributed by atoms with Crippen LogP contribution in [0, 0.1) is 0 Å². The summed E-state index contributed by atoms with van der Waals surface area (Å²) in [7, 11) is 0. The van der Waals surface area contributed by atoms with E-state index in [-0.39, 0.29) is 11.8 Å². The first-order valence-electron chi connectivity index (χ1n) is 7.79. The van der Waals surface area contributed by atoms with E-state index in [0.29, 0.717) is 23.5 Å². The fourth-order valence-corrected chi connectivity index (χ4v) is 2.19. The van der Waals surface area contributed by atoms with Gasteiger partial charge in [0.25, 0.3) is 0 Å². The summed E-state index contributed by atoms with van der Waals surface area (Å²) in [5.41, 5.74) is 1.54. The van der Waals surface area contributed by atoms with Gasteiger partial charge in [-0.25, -0.2) is 9.48 Å². The summed E-state index contributed by atoms with van der Waals surface area (Å²) in [4.78, 5) is 11.6. The fraction of sp³-hybridized carbons (Fsp3) is 0.312. The molecule has 0 fully saturated rings. The van der Waals surface area contributed by atoms with Crippen LogP contribution in [0.3, 0.4) is 0 Å². The summed E-state index contributed by atoms with van der Waals surface area (Å²) in [5, 5.41) is 9.87. The topological polar surface area (TPSA) is 77.4 Å². The van der Waals surface area contributed by atoms with Crippen molar-refractivity contribution in [1.82, 2.24) is 9.78 Å². The molecule has 27 heavy (non-hydrogen) atoms. The Labute approximate surface area is 158 Å². The molecule has 2 aromatic rings. The molecule has 1 heterocycles. The van der Waals surface area contributed by atoms with Crippen molar-refractivity contribution in [2.24, 2.45) is 0 Å². The highest BCUT2D eigenvalue weighted by atomic mass is 32.1. The number of esters is 1. The van der Waals surface area contributed by atoms with Gasteiger partial charge < -0.3 is 20.1 Å². The molecule has 1 aromatic carbocycles. The number of halogens is 3. The van der Waals surface area contributed by atoms with E-state index in [4.69, 9.17) is 17.0 Å². The van der Waals surface area contributed by atoms with Gasteiger partial charge in [-0.1, -0.05) is 0 Å². The Morgan fingerprint density at radius 1 is 1.22 bits per heavy atom. The molecular weight excluding hydrogens is 385 g/mol. The van der Waals surface area contributed by atoms with Crippen molar-refractivity contribution in [3.05, 3.63) is 42.2 Å². The van der Waals surface area contributed by atoms with Crippen LogP contribution in [0.5, 0.6) is 0 Å². The van der Waals surface area contributed by atoms with Gasteiger partial charge in [-0.15, -0.1) is 0 Å². The van der Waals surface area contributed by atoms with Gasteiger partial charge in [-0.3, -0.25) is 0 Å². The zero-order valence-corrected chi connectivity index (χ0v) is 15.1. The molecule has 0 unspecified atom stereocenters. The highest BCUT2D eigenvalue weighted by Gasteiger charge is 2.27. The van der Waals surface area contributed by atoms with Crippen LogP contribution in [0.25, 0.3) is 0 Å². The van der Waals surface area contributed by atoms with Crippen molar-refractivity contribution in [3.63, 3.8) is 0 Å². The Kier molecular flexibility index (Phi) is 7.13. The number of anilines is 2. The first-order chi connectivity index (χ1) is 12.8. The standard InChI is InChI=1S/C16H17F3N4O3S/c1-2-26-14(24)11-3-5-12(6-4-11)21-15(27)22-13-7-20-23(8-13)10-25-9-16(17,18)19/h3-8H,2,9-10H2,1H3,(H2,21,22,27). The average Bonchev–Trinajstić information content (AvgIpc) is 3.01. The Hall–Kier alpha value is -2.66. The molecule has 1 aromatic heterocycles. The van der Waals surface area contributed by atoms with Crippen LogP contribution >= 0.6 is 12.2 Å². The van der Waals surface area contributed by atoms with Gasteiger partial charge in [-0.2, -0.15) is 18.3 Å². The maximum absolute atomic E-state index is 12.0. The SMILES string of the molecule is CCOC(=O)c1ccc(NC(=S)Nc2cnn(COCC(F)(F)F)c2)cc1. The van der Waals surface area contributed by atoms with Crippen LogP contribution in [-0.2, 0) is 16.2 Å². The minimum Gasteiger partial charge on any atom is -0.462 e. The molecule has 146 valence electrons. The molecular formula is C16H17F3N4O3S. The lowest BCUT2D eigenvalue weighted by Gasteiger charge is -2.09. The lowest BCUT2D eigenvalue weighted by molar-refractivity contribution is -0.182. The minimum absolute atomic E-state index is 0.245. The number of rotatable bonds is 7. The van der Waals surface area contributed by atoms with Gasteiger partial charge in [-0.05, 0) is 43.4 Å². The number of aromatic nitrogens is 2. The smallest absolute Gasteiger partial charge is 0.411 e. The van der Waals surface area contributed by atoms with Crippen LogP contribution in [0.4, 0.5) is 24.5 Å². The van der Waals surface area contributed by atoms with E-state index in [9.17, 15) is 18.0 Å². The van der Waals surface area contributed by atoms with Crippen molar-refractivity contribution in [3.8, 4) is 0 Å². The zero-order chi connectivity index (χ0) is 19.9. The second-order valence-electron chi connectivity index (χ2n) is 5.24. The molecule has 0 aliphatic heterocycles. The quantitative estimate of drug-likeness (QED) is 0.543. The van der Waals surface area contributed by atoms with E-state index in [1.54, 1.807) is 31.2 Å². The zero-order valence-electron chi connectivity index (χ0n) is 14.2. The largest absolute Gasteiger partial charge is 0.462 e. The van der Waals surface area contributed by atoms with Crippen LogP contribution in [0.2, 0.25) is 0 Å². The van der Waals surface area contributed by atoms with E-state index in [2.05, 4.69) is 20.5 Å². The lowest BCUT2D eigenvalue weighted by atomic mass is 10.2. The molecule has 2 rings (SSSR count). The van der Waals surface area contributed by atoms with Crippen molar-refractivity contribution in [1.29, 1.82) is 0 Å². The Balaban J connectivity index is 1.83. The number of benzene rings is 1. The maximum Gasteiger partial charge on any atom is 0.411 e. The third-order valence-corrected chi connectivity index (χ3v) is 3.24. The van der Waals surface area contributed by atoms with Gasteiger partial charge in [0.2, 0.25) is 0 Å². The van der Waals surface area contributed by atoms with E-state index < -0.39 is 18.8 Å². The summed E-state index contributed by atoms with van der Waals surface area (Å²) < 4.78 is 46.7. The molecule has 2 N–H and O–H groups in total. The summed E-state index contributed by atoms with van der Waals surface area (Å²) in [6.45, 7) is 0.332. The normalized spacial score (nSPS) is 11.1. The van der Waals surface area contributed by atoms with Crippen molar-refractivity contribution < 1.29 is 27.4 Å². The first kappa shape index (κ1) is 20.6. The van der Waals surface area contributed by atoms with Gasteiger partial charge in [0.05, 0.1) is 30.3 Å². The average molecular weight is 402 g/mol. The highest BCUT2D eigenvalue weighted by molar-refractivity contribution is 7.80. The predicted octanol–water partition coefficient (Wildman–Crippen LogP) is 3.41. The summed E-state index contributed by atoms with van der Waals surface area (Å²) in [5.74, 6) is -0.412. The predicted molar refractivity (Wildman–Crippen MR) is 96.5 cm³/mol. The molecule has 0 amide bonds. The molecule has 0 bridgehead atoms. The van der Waals surface area contributed by atoms with Crippen molar-refractivity contribution in [2.75, 3.05) is 23.8 Å². The Bertz CT molecular complexity index is 778. The van der Waals surface area contributed by atoms with Gasteiger partial charge in [0.15, 0.2) is 5.11 Å². The minimum atomic E-state index is -4.39. The molecule has 7 nitrogen and oxygen atoms in total. The summed E-state index contributed by atoms with van der Waals surface area (Å²) in [6, 6.07) is 6.52. The molecule has 0 spiro atoms. The second-order valence-corrected chi connectivity index (χ2v) is 5.65. The number of carbonyl (C=O) groups excluding carboxylic acids is 1. The molecule has 0 saturated heterocycles. The van der Waals surface area contributed by atoms with Crippen LogP contribution in [-0.4, -0.2) is 40.3 Å². The monoisotopic (exact) mass is 402 g/mol. The van der Waals surface area contributed by atoms with E-state index in [1.165, 1.54) is 17.1 Å². The van der Waals surface area contributed by atoms with E-state index in [0.717, 1.165) is 0 Å². The first-order valence-corrected chi connectivity index (χ1v) is 8.20. The molecule has 0 aliphatic rings. The third-order valence-electron chi connectivity index (χ3n) is 3.03. The summed E-state index contributed by atoms with van der Waals surface area (Å²) in [6.07, 6.45) is -1.54. The number of carbonyl (C=O) groups is 1. The summed E-state index contributed by atoms with van der Waals surface area (Å²) >= 11 is 5.16. The number of thiocarbonyl (C=S) groups is 1. The molecule has 0 radical (unpaired) electrons. The Morgan fingerprint density at radius 3 is 2.52 bits per heavy atom. The molecule has 0 saturated carbocycles. The number of hydrogen-bond acceptors (Lipinski definition) is 5. The van der Waals surface area contributed by atoms with Gasteiger partial charge >= 0.3 is 12.1 Å². The van der Waals surface area contributed by atoms with Crippen LogP contribution in [0.1, 0.15) is 17.3 Å². The Morgan fingerprint density at radius 2 is 1.89 bits per heavy atom. The van der Waals surface area contributed by atoms with Crippen LogP contribution < -0.4 is 10.6 Å². The molecule has 0 atom stereocenters. The second kappa shape index (κ2) is 9.33. The van der Waals surface area contributed by atoms with E-state index in [1.807, 2.05) is 0 Å². The highest BCUT2D eigenvalue weighted by Crippen LogP contribution is 2.15. The number of hydrogen-bond donors (Lipinski definition) is 2.